The highest BCUT2D eigenvalue weighted by molar-refractivity contribution is 5.35. The standard InChI is InChI=1S/C16H19FN2O/c1-2-11-20-15-9-5-13(6-10-15)16(19-18)12-3-7-14(17)8-4-12/h3-10,16,19H,2,11,18H2,1H3. The summed E-state index contributed by atoms with van der Waals surface area (Å²) >= 11 is 0. The first-order valence-electron chi connectivity index (χ1n) is 6.69. The summed E-state index contributed by atoms with van der Waals surface area (Å²) in [6.45, 7) is 2.77. The Hall–Kier alpha value is -1.91. The Balaban J connectivity index is 2.17. The maximum atomic E-state index is 13.0. The molecule has 0 heterocycles. The molecule has 1 atom stereocenters. The number of hydrogen-bond acceptors (Lipinski definition) is 3. The summed E-state index contributed by atoms with van der Waals surface area (Å²) in [5.41, 5.74) is 4.67. The molecule has 3 N–H and O–H groups in total. The third kappa shape index (κ3) is 3.56. The Bertz CT molecular complexity index is 525. The van der Waals surface area contributed by atoms with E-state index in [1.54, 1.807) is 12.1 Å². The molecule has 0 bridgehead atoms. The zero-order valence-electron chi connectivity index (χ0n) is 11.5. The molecular formula is C16H19FN2O. The predicted molar refractivity (Wildman–Crippen MR) is 77.8 cm³/mol. The molecule has 0 amide bonds. The number of benzene rings is 2. The van der Waals surface area contributed by atoms with Crippen molar-refractivity contribution < 1.29 is 9.13 Å². The number of nitrogens with two attached hydrogens (primary N) is 1. The summed E-state index contributed by atoms with van der Waals surface area (Å²) < 4.78 is 18.5. The number of nitrogens with one attached hydrogen (secondary N) is 1. The molecule has 3 nitrogen and oxygen atoms in total. The van der Waals surface area contributed by atoms with Gasteiger partial charge in [-0.1, -0.05) is 31.2 Å². The van der Waals surface area contributed by atoms with Crippen LogP contribution in [0.4, 0.5) is 4.39 Å². The largest absolute Gasteiger partial charge is 0.494 e. The van der Waals surface area contributed by atoms with Crippen LogP contribution in [0.2, 0.25) is 0 Å². The molecule has 2 aromatic rings. The van der Waals surface area contributed by atoms with Crippen LogP contribution < -0.4 is 16.0 Å². The van der Waals surface area contributed by atoms with E-state index in [0.717, 1.165) is 23.3 Å². The molecule has 0 spiro atoms. The van der Waals surface area contributed by atoms with Gasteiger partial charge in [-0.15, -0.1) is 0 Å². The third-order valence-corrected chi connectivity index (χ3v) is 3.06. The summed E-state index contributed by atoms with van der Waals surface area (Å²) in [4.78, 5) is 0. The molecular weight excluding hydrogens is 255 g/mol. The predicted octanol–water partition coefficient (Wildman–Crippen LogP) is 3.17. The fourth-order valence-corrected chi connectivity index (χ4v) is 2.02. The van der Waals surface area contributed by atoms with Crippen molar-refractivity contribution in [2.24, 2.45) is 5.84 Å². The van der Waals surface area contributed by atoms with Gasteiger partial charge in [0.1, 0.15) is 11.6 Å². The third-order valence-electron chi connectivity index (χ3n) is 3.06. The van der Waals surface area contributed by atoms with Crippen molar-refractivity contribution in [3.05, 3.63) is 65.5 Å². The van der Waals surface area contributed by atoms with E-state index in [1.165, 1.54) is 12.1 Å². The molecule has 4 heteroatoms. The van der Waals surface area contributed by atoms with E-state index in [4.69, 9.17) is 10.6 Å². The lowest BCUT2D eigenvalue weighted by Gasteiger charge is -2.17. The Morgan fingerprint density at radius 2 is 1.60 bits per heavy atom. The van der Waals surface area contributed by atoms with Crippen molar-refractivity contribution >= 4 is 0 Å². The van der Waals surface area contributed by atoms with Crippen LogP contribution in [0.15, 0.2) is 48.5 Å². The molecule has 106 valence electrons. The molecule has 0 saturated carbocycles. The minimum atomic E-state index is -0.257. The van der Waals surface area contributed by atoms with Crippen LogP contribution in [-0.2, 0) is 0 Å². The molecule has 0 aliphatic carbocycles. The van der Waals surface area contributed by atoms with E-state index in [-0.39, 0.29) is 11.9 Å². The van der Waals surface area contributed by atoms with Gasteiger partial charge in [0.15, 0.2) is 0 Å². The van der Waals surface area contributed by atoms with Gasteiger partial charge in [0.05, 0.1) is 12.6 Å². The molecule has 0 fully saturated rings. The number of hydrazine groups is 1. The lowest BCUT2D eigenvalue weighted by atomic mass is 9.99. The highest BCUT2D eigenvalue weighted by Crippen LogP contribution is 2.23. The minimum Gasteiger partial charge on any atom is -0.494 e. The molecule has 0 radical (unpaired) electrons. The van der Waals surface area contributed by atoms with Crippen molar-refractivity contribution in [2.45, 2.75) is 19.4 Å². The SMILES string of the molecule is CCCOc1ccc(C(NN)c2ccc(F)cc2)cc1. The van der Waals surface area contributed by atoms with Gasteiger partial charge in [-0.3, -0.25) is 5.84 Å². The zero-order valence-corrected chi connectivity index (χ0v) is 11.5. The number of hydrogen-bond donors (Lipinski definition) is 2. The zero-order chi connectivity index (χ0) is 14.4. The van der Waals surface area contributed by atoms with Gasteiger partial charge in [-0.2, -0.15) is 0 Å². The van der Waals surface area contributed by atoms with E-state index < -0.39 is 0 Å². The topological polar surface area (TPSA) is 47.3 Å². The average Bonchev–Trinajstić information content (AvgIpc) is 2.49. The second-order valence-electron chi connectivity index (χ2n) is 4.57. The molecule has 0 aromatic heterocycles. The number of halogens is 1. The number of rotatable bonds is 6. The van der Waals surface area contributed by atoms with E-state index >= 15 is 0 Å². The first-order valence-corrected chi connectivity index (χ1v) is 6.69. The summed E-state index contributed by atoms with van der Waals surface area (Å²) in [5, 5.41) is 0. The summed E-state index contributed by atoms with van der Waals surface area (Å²) in [6, 6.07) is 13.9. The van der Waals surface area contributed by atoms with Gasteiger partial charge in [0, 0.05) is 0 Å². The normalized spacial score (nSPS) is 12.2. The quantitative estimate of drug-likeness (QED) is 0.628. The Kier molecular flexibility index (Phi) is 5.09. The first-order chi connectivity index (χ1) is 9.74. The monoisotopic (exact) mass is 274 g/mol. The van der Waals surface area contributed by atoms with E-state index in [1.807, 2.05) is 24.3 Å². The van der Waals surface area contributed by atoms with Gasteiger partial charge in [-0.25, -0.2) is 9.82 Å². The van der Waals surface area contributed by atoms with Gasteiger partial charge in [-0.05, 0) is 41.8 Å². The van der Waals surface area contributed by atoms with E-state index in [0.29, 0.717) is 6.61 Å². The van der Waals surface area contributed by atoms with Crippen LogP contribution >= 0.6 is 0 Å². The molecule has 20 heavy (non-hydrogen) atoms. The highest BCUT2D eigenvalue weighted by Gasteiger charge is 2.12. The lowest BCUT2D eigenvalue weighted by molar-refractivity contribution is 0.317. The summed E-state index contributed by atoms with van der Waals surface area (Å²) in [7, 11) is 0. The molecule has 0 saturated heterocycles. The van der Waals surface area contributed by atoms with Crippen molar-refractivity contribution in [3.63, 3.8) is 0 Å². The Morgan fingerprint density at radius 1 is 1.05 bits per heavy atom. The highest BCUT2D eigenvalue weighted by atomic mass is 19.1. The maximum absolute atomic E-state index is 13.0. The van der Waals surface area contributed by atoms with Crippen LogP contribution in [0.3, 0.4) is 0 Å². The van der Waals surface area contributed by atoms with Gasteiger partial charge >= 0.3 is 0 Å². The van der Waals surface area contributed by atoms with Gasteiger partial charge in [0.25, 0.3) is 0 Å². The molecule has 2 rings (SSSR count). The van der Waals surface area contributed by atoms with Gasteiger partial charge in [0.2, 0.25) is 0 Å². The molecule has 1 unspecified atom stereocenters. The van der Waals surface area contributed by atoms with Gasteiger partial charge < -0.3 is 4.74 Å². The van der Waals surface area contributed by atoms with Crippen LogP contribution in [-0.4, -0.2) is 6.61 Å². The molecule has 2 aromatic carbocycles. The van der Waals surface area contributed by atoms with Crippen LogP contribution in [0, 0.1) is 5.82 Å². The second kappa shape index (κ2) is 7.03. The smallest absolute Gasteiger partial charge is 0.123 e. The molecule has 0 aliphatic rings. The second-order valence-corrected chi connectivity index (χ2v) is 4.57. The number of ether oxygens (including phenoxy) is 1. The summed E-state index contributed by atoms with van der Waals surface area (Å²) in [6.07, 6.45) is 0.976. The Morgan fingerprint density at radius 3 is 2.10 bits per heavy atom. The van der Waals surface area contributed by atoms with Crippen LogP contribution in [0.25, 0.3) is 0 Å². The van der Waals surface area contributed by atoms with Crippen molar-refractivity contribution in [1.29, 1.82) is 0 Å². The maximum Gasteiger partial charge on any atom is 0.123 e. The Labute approximate surface area is 118 Å². The summed E-state index contributed by atoms with van der Waals surface area (Å²) in [5.74, 6) is 6.20. The van der Waals surface area contributed by atoms with Crippen LogP contribution in [0.5, 0.6) is 5.75 Å². The van der Waals surface area contributed by atoms with Crippen molar-refractivity contribution in [2.75, 3.05) is 6.61 Å². The van der Waals surface area contributed by atoms with Crippen molar-refractivity contribution in [1.82, 2.24) is 5.43 Å². The first kappa shape index (κ1) is 14.5. The molecule has 0 aliphatic heterocycles. The van der Waals surface area contributed by atoms with E-state index in [9.17, 15) is 4.39 Å². The fourth-order valence-electron chi connectivity index (χ4n) is 2.02. The van der Waals surface area contributed by atoms with E-state index in [2.05, 4.69) is 12.3 Å². The fraction of sp³-hybridized carbons (Fsp3) is 0.250. The van der Waals surface area contributed by atoms with Crippen molar-refractivity contribution in [3.8, 4) is 5.75 Å². The average molecular weight is 274 g/mol. The van der Waals surface area contributed by atoms with Crippen LogP contribution in [0.1, 0.15) is 30.5 Å². The lowest BCUT2D eigenvalue weighted by Crippen LogP contribution is -2.28. The minimum absolute atomic E-state index is 0.171.